The van der Waals surface area contributed by atoms with E-state index in [1.54, 1.807) is 6.92 Å². The molecule has 0 aliphatic heterocycles. The number of ketones is 1. The standard InChI is InChI=1S/C8H14O3/c1-5-4-6(9)8(3,11)7(5,2)10/h5,10-11H,4H2,1-3H3/t5-,7+,8-/m0/s1. The van der Waals surface area contributed by atoms with Crippen LogP contribution in [0.4, 0.5) is 0 Å². The predicted molar refractivity (Wildman–Crippen MR) is 40.0 cm³/mol. The summed E-state index contributed by atoms with van der Waals surface area (Å²) >= 11 is 0. The van der Waals surface area contributed by atoms with Gasteiger partial charge < -0.3 is 10.2 Å². The van der Waals surface area contributed by atoms with E-state index in [1.165, 1.54) is 13.8 Å². The van der Waals surface area contributed by atoms with Crippen molar-refractivity contribution in [1.29, 1.82) is 0 Å². The summed E-state index contributed by atoms with van der Waals surface area (Å²) in [6, 6.07) is 0. The van der Waals surface area contributed by atoms with Crippen molar-refractivity contribution in [2.75, 3.05) is 0 Å². The summed E-state index contributed by atoms with van der Waals surface area (Å²) in [5.41, 5.74) is -2.84. The van der Waals surface area contributed by atoms with Gasteiger partial charge in [0.15, 0.2) is 5.78 Å². The van der Waals surface area contributed by atoms with E-state index in [0.717, 1.165) is 0 Å². The average molecular weight is 158 g/mol. The molecule has 3 atom stereocenters. The molecule has 0 amide bonds. The summed E-state index contributed by atoms with van der Waals surface area (Å²) in [7, 11) is 0. The maximum atomic E-state index is 11.1. The molecule has 0 bridgehead atoms. The van der Waals surface area contributed by atoms with E-state index in [9.17, 15) is 15.0 Å². The van der Waals surface area contributed by atoms with Gasteiger partial charge in [0.25, 0.3) is 0 Å². The van der Waals surface area contributed by atoms with Crippen LogP contribution < -0.4 is 0 Å². The van der Waals surface area contributed by atoms with Gasteiger partial charge in [-0.05, 0) is 19.8 Å². The highest BCUT2D eigenvalue weighted by molar-refractivity contribution is 5.91. The molecular weight excluding hydrogens is 144 g/mol. The third kappa shape index (κ3) is 0.914. The first kappa shape index (κ1) is 8.68. The molecule has 1 aliphatic rings. The zero-order chi connectivity index (χ0) is 8.86. The second kappa shape index (κ2) is 2.05. The van der Waals surface area contributed by atoms with Crippen LogP contribution in [-0.4, -0.2) is 27.2 Å². The van der Waals surface area contributed by atoms with Crippen LogP contribution in [0.25, 0.3) is 0 Å². The van der Waals surface area contributed by atoms with Crippen LogP contribution in [0.5, 0.6) is 0 Å². The van der Waals surface area contributed by atoms with E-state index < -0.39 is 11.2 Å². The van der Waals surface area contributed by atoms with Crippen LogP contribution in [0.3, 0.4) is 0 Å². The lowest BCUT2D eigenvalue weighted by atomic mass is 9.84. The highest BCUT2D eigenvalue weighted by atomic mass is 16.4. The number of Topliss-reactive ketones (excluding diaryl/α,β-unsaturated/α-hetero) is 1. The molecule has 0 aromatic rings. The Morgan fingerprint density at radius 3 is 2.00 bits per heavy atom. The summed E-state index contributed by atoms with van der Waals surface area (Å²) < 4.78 is 0. The minimum absolute atomic E-state index is 0.162. The lowest BCUT2D eigenvalue weighted by Crippen LogP contribution is -2.51. The Morgan fingerprint density at radius 1 is 1.45 bits per heavy atom. The van der Waals surface area contributed by atoms with Crippen LogP contribution >= 0.6 is 0 Å². The normalized spacial score (nSPS) is 51.7. The van der Waals surface area contributed by atoms with E-state index in [1.807, 2.05) is 0 Å². The fourth-order valence-corrected chi connectivity index (χ4v) is 1.44. The third-order valence-electron chi connectivity index (χ3n) is 2.98. The van der Waals surface area contributed by atoms with Crippen molar-refractivity contribution in [3.8, 4) is 0 Å². The molecule has 0 aromatic heterocycles. The Morgan fingerprint density at radius 2 is 1.91 bits per heavy atom. The SMILES string of the molecule is C[C@H]1CC(=O)[C@](C)(O)[C@]1(C)O. The third-order valence-corrected chi connectivity index (χ3v) is 2.98. The van der Waals surface area contributed by atoms with Gasteiger partial charge in [-0.15, -0.1) is 0 Å². The molecule has 3 nitrogen and oxygen atoms in total. The van der Waals surface area contributed by atoms with Crippen molar-refractivity contribution in [2.45, 2.75) is 38.4 Å². The number of carbonyl (C=O) groups is 1. The average Bonchev–Trinajstić information content (AvgIpc) is 1.95. The first-order chi connectivity index (χ1) is 4.80. The maximum absolute atomic E-state index is 11.1. The molecule has 0 radical (unpaired) electrons. The number of carbonyl (C=O) groups excluding carboxylic acids is 1. The van der Waals surface area contributed by atoms with Gasteiger partial charge in [0, 0.05) is 6.42 Å². The summed E-state index contributed by atoms with van der Waals surface area (Å²) in [5.74, 6) is -0.431. The second-order valence-corrected chi connectivity index (χ2v) is 3.75. The largest absolute Gasteiger partial charge is 0.386 e. The van der Waals surface area contributed by atoms with Gasteiger partial charge >= 0.3 is 0 Å². The van der Waals surface area contributed by atoms with E-state index >= 15 is 0 Å². The first-order valence-corrected chi connectivity index (χ1v) is 3.78. The van der Waals surface area contributed by atoms with Crippen molar-refractivity contribution in [3.63, 3.8) is 0 Å². The quantitative estimate of drug-likeness (QED) is 0.525. The van der Waals surface area contributed by atoms with Gasteiger partial charge in [-0.1, -0.05) is 6.92 Å². The predicted octanol–water partition coefficient (Wildman–Crippen LogP) is 0.0973. The maximum Gasteiger partial charge on any atom is 0.167 e. The monoisotopic (exact) mass is 158 g/mol. The zero-order valence-corrected chi connectivity index (χ0v) is 7.09. The summed E-state index contributed by atoms with van der Waals surface area (Å²) in [6.07, 6.45) is 0.264. The molecule has 2 N–H and O–H groups in total. The van der Waals surface area contributed by atoms with Crippen molar-refractivity contribution >= 4 is 5.78 Å². The molecule has 3 heteroatoms. The van der Waals surface area contributed by atoms with Crippen LogP contribution in [0, 0.1) is 5.92 Å². The van der Waals surface area contributed by atoms with Crippen LogP contribution in [0.2, 0.25) is 0 Å². The van der Waals surface area contributed by atoms with Crippen LogP contribution in [-0.2, 0) is 4.79 Å². The highest BCUT2D eigenvalue weighted by Gasteiger charge is 2.56. The molecule has 0 aromatic carbocycles. The fraction of sp³-hybridized carbons (Fsp3) is 0.875. The molecule has 1 fully saturated rings. The summed E-state index contributed by atoms with van der Waals surface area (Å²) in [4.78, 5) is 11.1. The minimum atomic E-state index is -1.56. The first-order valence-electron chi connectivity index (χ1n) is 3.78. The minimum Gasteiger partial charge on any atom is -0.386 e. The fourth-order valence-electron chi connectivity index (χ4n) is 1.44. The molecule has 0 unspecified atom stereocenters. The Bertz CT molecular complexity index is 194. The van der Waals surface area contributed by atoms with E-state index in [4.69, 9.17) is 0 Å². The van der Waals surface area contributed by atoms with Gasteiger partial charge in [0.05, 0.1) is 0 Å². The van der Waals surface area contributed by atoms with Gasteiger partial charge in [0.2, 0.25) is 0 Å². The van der Waals surface area contributed by atoms with Crippen LogP contribution in [0.1, 0.15) is 27.2 Å². The topological polar surface area (TPSA) is 57.5 Å². The molecule has 0 spiro atoms. The summed E-state index contributed by atoms with van der Waals surface area (Å²) in [5, 5.41) is 19.3. The molecular formula is C8H14O3. The van der Waals surface area contributed by atoms with Crippen LogP contribution in [0.15, 0.2) is 0 Å². The molecule has 1 rings (SSSR count). The number of aliphatic hydroxyl groups is 2. The molecule has 64 valence electrons. The van der Waals surface area contributed by atoms with Crippen molar-refractivity contribution in [1.82, 2.24) is 0 Å². The van der Waals surface area contributed by atoms with Gasteiger partial charge in [-0.3, -0.25) is 4.79 Å². The smallest absolute Gasteiger partial charge is 0.167 e. The second-order valence-electron chi connectivity index (χ2n) is 3.75. The molecule has 1 saturated carbocycles. The Labute approximate surface area is 66.0 Å². The number of hydrogen-bond donors (Lipinski definition) is 2. The Balaban J connectivity index is 3.04. The molecule has 0 saturated heterocycles. The molecule has 11 heavy (non-hydrogen) atoms. The Hall–Kier alpha value is -0.410. The zero-order valence-electron chi connectivity index (χ0n) is 7.09. The van der Waals surface area contributed by atoms with Crippen molar-refractivity contribution in [2.24, 2.45) is 5.92 Å². The number of hydrogen-bond acceptors (Lipinski definition) is 3. The van der Waals surface area contributed by atoms with Crippen molar-refractivity contribution in [3.05, 3.63) is 0 Å². The highest BCUT2D eigenvalue weighted by Crippen LogP contribution is 2.40. The Kier molecular flexibility index (Phi) is 1.62. The van der Waals surface area contributed by atoms with Gasteiger partial charge in [-0.25, -0.2) is 0 Å². The lowest BCUT2D eigenvalue weighted by Gasteiger charge is -2.32. The van der Waals surface area contributed by atoms with Crippen molar-refractivity contribution < 1.29 is 15.0 Å². The lowest BCUT2D eigenvalue weighted by molar-refractivity contribution is -0.154. The molecule has 1 aliphatic carbocycles. The van der Waals surface area contributed by atoms with E-state index in [2.05, 4.69) is 0 Å². The van der Waals surface area contributed by atoms with E-state index in [0.29, 0.717) is 0 Å². The van der Waals surface area contributed by atoms with Gasteiger partial charge in [0.1, 0.15) is 11.2 Å². The van der Waals surface area contributed by atoms with E-state index in [-0.39, 0.29) is 18.1 Å². The van der Waals surface area contributed by atoms with Gasteiger partial charge in [-0.2, -0.15) is 0 Å². The number of rotatable bonds is 0. The summed E-state index contributed by atoms with van der Waals surface area (Å²) in [6.45, 7) is 4.64. The molecule has 0 heterocycles.